The summed E-state index contributed by atoms with van der Waals surface area (Å²) in [6, 6.07) is 9.28. The van der Waals surface area contributed by atoms with E-state index in [0.717, 1.165) is 0 Å². The predicted octanol–water partition coefficient (Wildman–Crippen LogP) is 5.12. The first-order valence-electron chi connectivity index (χ1n) is 5.38. The molecular weight excluding hydrogens is 392 g/mol. The van der Waals surface area contributed by atoms with Crippen molar-refractivity contribution in [2.75, 3.05) is 5.73 Å². The summed E-state index contributed by atoms with van der Waals surface area (Å²) >= 11 is 6.63. The molecule has 0 radical (unpaired) electrons. The number of nitro groups is 1. The van der Waals surface area contributed by atoms with Crippen LogP contribution in [0.1, 0.15) is 0 Å². The summed E-state index contributed by atoms with van der Waals surface area (Å²) in [5, 5.41) is 18.6. The molecule has 2 aromatic rings. The highest BCUT2D eigenvalue weighted by Crippen LogP contribution is 2.33. The number of halogens is 2. The van der Waals surface area contributed by atoms with Crippen LogP contribution in [0.15, 0.2) is 55.6 Å². The minimum atomic E-state index is -0.463. The molecule has 0 aromatic heterocycles. The molecule has 6 nitrogen and oxygen atoms in total. The number of rotatable bonds is 3. The van der Waals surface area contributed by atoms with Crippen LogP contribution in [0.5, 0.6) is 0 Å². The van der Waals surface area contributed by atoms with E-state index in [4.69, 9.17) is 5.73 Å². The van der Waals surface area contributed by atoms with Crippen LogP contribution >= 0.6 is 31.9 Å². The second-order valence-electron chi connectivity index (χ2n) is 3.80. The van der Waals surface area contributed by atoms with Crippen LogP contribution in [-0.4, -0.2) is 4.92 Å². The van der Waals surface area contributed by atoms with E-state index in [9.17, 15) is 10.1 Å². The van der Waals surface area contributed by atoms with Crippen molar-refractivity contribution < 1.29 is 4.92 Å². The normalized spacial score (nSPS) is 10.9. The molecule has 0 heterocycles. The number of nitro benzene ring substituents is 1. The number of benzene rings is 2. The van der Waals surface area contributed by atoms with Crippen molar-refractivity contribution in [2.24, 2.45) is 10.2 Å². The Balaban J connectivity index is 2.23. The van der Waals surface area contributed by atoms with E-state index in [-0.39, 0.29) is 5.69 Å². The molecule has 8 heteroatoms. The quantitative estimate of drug-likeness (QED) is 0.336. The van der Waals surface area contributed by atoms with Crippen LogP contribution < -0.4 is 5.73 Å². The van der Waals surface area contributed by atoms with E-state index in [1.807, 2.05) is 0 Å². The zero-order valence-corrected chi connectivity index (χ0v) is 13.1. The molecule has 2 aromatic carbocycles. The minimum absolute atomic E-state index is 0.0157. The number of nitrogens with two attached hydrogens (primary N) is 1. The molecule has 0 amide bonds. The fourth-order valence-corrected chi connectivity index (χ4v) is 2.55. The Bertz CT molecular complexity index is 663. The van der Waals surface area contributed by atoms with Gasteiger partial charge in [-0.3, -0.25) is 10.1 Å². The summed E-state index contributed by atoms with van der Waals surface area (Å²) in [7, 11) is 0. The van der Waals surface area contributed by atoms with E-state index in [1.54, 1.807) is 12.1 Å². The molecule has 0 saturated heterocycles. The summed E-state index contributed by atoms with van der Waals surface area (Å²) in [5.74, 6) is 0. The fourth-order valence-electron chi connectivity index (χ4n) is 1.39. The summed E-state index contributed by atoms with van der Waals surface area (Å²) in [6.45, 7) is 0. The molecule has 0 aliphatic heterocycles. The second kappa shape index (κ2) is 6.10. The lowest BCUT2D eigenvalue weighted by molar-refractivity contribution is -0.384. The Morgan fingerprint density at radius 1 is 1.00 bits per heavy atom. The average Bonchev–Trinajstić information content (AvgIpc) is 2.42. The van der Waals surface area contributed by atoms with Gasteiger partial charge in [-0.25, -0.2) is 0 Å². The van der Waals surface area contributed by atoms with Gasteiger partial charge in [-0.05, 0) is 56.1 Å². The van der Waals surface area contributed by atoms with Crippen LogP contribution in [0.3, 0.4) is 0 Å². The van der Waals surface area contributed by atoms with Crippen molar-refractivity contribution >= 4 is 54.6 Å². The van der Waals surface area contributed by atoms with Crippen molar-refractivity contribution in [2.45, 2.75) is 0 Å². The van der Waals surface area contributed by atoms with E-state index < -0.39 is 4.92 Å². The molecular formula is C12H8Br2N4O2. The molecule has 0 aliphatic rings. The van der Waals surface area contributed by atoms with Crippen LogP contribution in [0.25, 0.3) is 0 Å². The highest BCUT2D eigenvalue weighted by atomic mass is 79.9. The van der Waals surface area contributed by atoms with Gasteiger partial charge >= 0.3 is 0 Å². The van der Waals surface area contributed by atoms with Gasteiger partial charge < -0.3 is 5.73 Å². The molecule has 0 fully saturated rings. The van der Waals surface area contributed by atoms with Gasteiger partial charge in [0.05, 0.1) is 22.0 Å². The van der Waals surface area contributed by atoms with E-state index in [0.29, 0.717) is 26.0 Å². The number of hydrogen-bond acceptors (Lipinski definition) is 5. The number of azo groups is 1. The third kappa shape index (κ3) is 3.40. The first-order valence-corrected chi connectivity index (χ1v) is 6.96. The topological polar surface area (TPSA) is 93.9 Å². The number of nitrogens with zero attached hydrogens (tertiary/aromatic N) is 3. The molecule has 0 spiro atoms. The lowest BCUT2D eigenvalue weighted by Crippen LogP contribution is -1.87. The smallest absolute Gasteiger partial charge is 0.269 e. The highest BCUT2D eigenvalue weighted by molar-refractivity contribution is 9.11. The van der Waals surface area contributed by atoms with Crippen LogP contribution in [0, 0.1) is 10.1 Å². The fraction of sp³-hybridized carbons (Fsp3) is 0. The van der Waals surface area contributed by atoms with Crippen molar-refractivity contribution in [3.63, 3.8) is 0 Å². The monoisotopic (exact) mass is 398 g/mol. The third-order valence-corrected chi connectivity index (χ3v) is 3.72. The number of non-ortho nitro benzene ring substituents is 1. The standard InChI is InChI=1S/C12H8Br2N4O2/c13-10-5-8(6-11(14)12(10)15)17-16-7-1-3-9(4-2-7)18(19)20/h1-6H,15H2/b17-16+. The number of hydrogen-bond donors (Lipinski definition) is 1. The molecule has 20 heavy (non-hydrogen) atoms. The van der Waals surface area contributed by atoms with Gasteiger partial charge in [0.25, 0.3) is 5.69 Å². The van der Waals surface area contributed by atoms with Crippen LogP contribution in [0.4, 0.5) is 22.7 Å². The van der Waals surface area contributed by atoms with Crippen molar-refractivity contribution in [1.82, 2.24) is 0 Å². The summed E-state index contributed by atoms with van der Waals surface area (Å²) in [5.41, 5.74) is 7.51. The largest absolute Gasteiger partial charge is 0.397 e. The Morgan fingerprint density at radius 2 is 1.50 bits per heavy atom. The minimum Gasteiger partial charge on any atom is -0.397 e. The van der Waals surface area contributed by atoms with Gasteiger partial charge in [0.2, 0.25) is 0 Å². The van der Waals surface area contributed by atoms with Crippen LogP contribution in [0.2, 0.25) is 0 Å². The molecule has 0 atom stereocenters. The van der Waals surface area contributed by atoms with Gasteiger partial charge in [0.15, 0.2) is 0 Å². The molecule has 0 unspecified atom stereocenters. The van der Waals surface area contributed by atoms with Crippen molar-refractivity contribution in [1.29, 1.82) is 0 Å². The lowest BCUT2D eigenvalue weighted by atomic mass is 10.3. The first kappa shape index (κ1) is 14.6. The van der Waals surface area contributed by atoms with Gasteiger partial charge in [-0.15, -0.1) is 0 Å². The summed E-state index contributed by atoms with van der Waals surface area (Å²) in [6.07, 6.45) is 0. The maximum absolute atomic E-state index is 10.5. The van der Waals surface area contributed by atoms with Gasteiger partial charge in [-0.1, -0.05) is 0 Å². The summed E-state index contributed by atoms with van der Waals surface area (Å²) < 4.78 is 1.43. The SMILES string of the molecule is Nc1c(Br)cc(/N=N/c2ccc([N+](=O)[O-])cc2)cc1Br. The van der Waals surface area contributed by atoms with E-state index in [2.05, 4.69) is 42.1 Å². The number of nitrogen functional groups attached to an aromatic ring is 1. The third-order valence-electron chi connectivity index (χ3n) is 2.41. The maximum atomic E-state index is 10.5. The van der Waals surface area contributed by atoms with Crippen molar-refractivity contribution in [3.8, 4) is 0 Å². The predicted molar refractivity (Wildman–Crippen MR) is 83.5 cm³/mol. The number of anilines is 1. The van der Waals surface area contributed by atoms with E-state index in [1.165, 1.54) is 24.3 Å². The van der Waals surface area contributed by atoms with E-state index >= 15 is 0 Å². The Morgan fingerprint density at radius 3 is 2.00 bits per heavy atom. The highest BCUT2D eigenvalue weighted by Gasteiger charge is 2.05. The first-order chi connectivity index (χ1) is 9.47. The molecule has 2 rings (SSSR count). The molecule has 0 aliphatic carbocycles. The zero-order valence-electron chi connectivity index (χ0n) is 9.96. The molecule has 0 bridgehead atoms. The zero-order chi connectivity index (χ0) is 14.7. The Kier molecular flexibility index (Phi) is 4.46. The Labute approximate surface area is 131 Å². The van der Waals surface area contributed by atoms with Crippen molar-refractivity contribution in [3.05, 3.63) is 55.5 Å². The molecule has 2 N–H and O–H groups in total. The van der Waals surface area contributed by atoms with Gasteiger partial charge in [0, 0.05) is 21.1 Å². The van der Waals surface area contributed by atoms with Gasteiger partial charge in [-0.2, -0.15) is 10.2 Å². The second-order valence-corrected chi connectivity index (χ2v) is 5.51. The molecule has 102 valence electrons. The maximum Gasteiger partial charge on any atom is 0.269 e. The summed E-state index contributed by atoms with van der Waals surface area (Å²) in [4.78, 5) is 10.1. The van der Waals surface area contributed by atoms with Gasteiger partial charge in [0.1, 0.15) is 0 Å². The Hall–Kier alpha value is -1.80. The molecule has 0 saturated carbocycles. The van der Waals surface area contributed by atoms with Crippen LogP contribution in [-0.2, 0) is 0 Å². The average molecular weight is 400 g/mol. The lowest BCUT2D eigenvalue weighted by Gasteiger charge is -2.02.